The maximum absolute atomic E-state index is 12.1. The molecule has 1 atom stereocenters. The fourth-order valence-corrected chi connectivity index (χ4v) is 3.31. The van der Waals surface area contributed by atoms with Crippen LogP contribution >= 0.6 is 0 Å². The van der Waals surface area contributed by atoms with Crippen LogP contribution in [0.15, 0.2) is 53.4 Å². The largest absolute Gasteiger partial charge is 0.387 e. The van der Waals surface area contributed by atoms with E-state index < -0.39 is 15.9 Å². The molecule has 0 radical (unpaired) electrons. The van der Waals surface area contributed by atoms with Crippen molar-refractivity contribution in [2.45, 2.75) is 24.8 Å². The van der Waals surface area contributed by atoms with Gasteiger partial charge < -0.3 is 10.4 Å². The highest BCUT2D eigenvalue weighted by Gasteiger charge is 2.16. The minimum absolute atomic E-state index is 0.0477. The van der Waals surface area contributed by atoms with Crippen LogP contribution < -0.4 is 5.32 Å². The van der Waals surface area contributed by atoms with Crippen LogP contribution in [0.25, 0.3) is 0 Å². The lowest BCUT2D eigenvalue weighted by atomic mass is 10.1. The lowest BCUT2D eigenvalue weighted by molar-refractivity contribution is 0.191. The number of sulfone groups is 1. The van der Waals surface area contributed by atoms with Crippen LogP contribution in [0.2, 0.25) is 0 Å². The molecular formula is C17H21NO3S. The summed E-state index contributed by atoms with van der Waals surface area (Å²) < 4.78 is 24.2. The molecule has 0 unspecified atom stereocenters. The Morgan fingerprint density at radius 2 is 1.86 bits per heavy atom. The van der Waals surface area contributed by atoms with Crippen molar-refractivity contribution in [3.63, 3.8) is 0 Å². The van der Waals surface area contributed by atoms with Gasteiger partial charge in [-0.2, -0.15) is 0 Å². The van der Waals surface area contributed by atoms with Crippen molar-refractivity contribution in [2.75, 3.05) is 17.6 Å². The Balaban J connectivity index is 2.16. The van der Waals surface area contributed by atoms with Crippen molar-refractivity contribution in [3.8, 4) is 0 Å². The predicted octanol–water partition coefficient (Wildman–Crippen LogP) is 2.93. The first-order valence-corrected chi connectivity index (χ1v) is 8.89. The Hall–Kier alpha value is -1.85. The smallest absolute Gasteiger partial charge is 0.180 e. The van der Waals surface area contributed by atoms with Crippen LogP contribution in [-0.2, 0) is 9.84 Å². The van der Waals surface area contributed by atoms with Gasteiger partial charge in [0.25, 0.3) is 0 Å². The van der Waals surface area contributed by atoms with E-state index in [2.05, 4.69) is 5.32 Å². The molecule has 22 heavy (non-hydrogen) atoms. The minimum Gasteiger partial charge on any atom is -0.387 e. The fraction of sp³-hybridized carbons (Fsp3) is 0.294. The van der Waals surface area contributed by atoms with E-state index in [0.29, 0.717) is 5.69 Å². The lowest BCUT2D eigenvalue weighted by Gasteiger charge is -2.16. The van der Waals surface area contributed by atoms with Gasteiger partial charge in [-0.3, -0.25) is 0 Å². The molecule has 0 fully saturated rings. The fourth-order valence-electron chi connectivity index (χ4n) is 2.24. The van der Waals surface area contributed by atoms with E-state index in [1.165, 1.54) is 0 Å². The first-order valence-electron chi connectivity index (χ1n) is 7.24. The number of benzene rings is 2. The normalized spacial score (nSPS) is 12.9. The molecule has 0 aliphatic heterocycles. The van der Waals surface area contributed by atoms with E-state index in [9.17, 15) is 13.5 Å². The lowest BCUT2D eigenvalue weighted by Crippen LogP contribution is -2.15. The van der Waals surface area contributed by atoms with E-state index in [1.807, 2.05) is 31.2 Å². The summed E-state index contributed by atoms with van der Waals surface area (Å²) >= 11 is 0. The molecule has 2 aromatic carbocycles. The van der Waals surface area contributed by atoms with Crippen LogP contribution in [0.4, 0.5) is 5.69 Å². The molecule has 0 saturated heterocycles. The van der Waals surface area contributed by atoms with Crippen LogP contribution in [0.3, 0.4) is 0 Å². The number of aryl methyl sites for hydroxylation is 1. The van der Waals surface area contributed by atoms with Crippen molar-refractivity contribution in [3.05, 3.63) is 59.7 Å². The molecule has 0 aliphatic carbocycles. The summed E-state index contributed by atoms with van der Waals surface area (Å²) in [5.74, 6) is 0.0477. The minimum atomic E-state index is -3.29. The topological polar surface area (TPSA) is 66.4 Å². The van der Waals surface area contributed by atoms with Crippen LogP contribution in [0, 0.1) is 6.92 Å². The first kappa shape index (κ1) is 16.5. The van der Waals surface area contributed by atoms with Gasteiger partial charge >= 0.3 is 0 Å². The molecule has 0 saturated carbocycles. The van der Waals surface area contributed by atoms with Crippen molar-refractivity contribution in [1.29, 1.82) is 0 Å². The number of para-hydroxylation sites is 1. The van der Waals surface area contributed by atoms with E-state index in [0.717, 1.165) is 11.1 Å². The zero-order valence-corrected chi connectivity index (χ0v) is 13.6. The molecule has 5 heteroatoms. The standard InChI is InChI=1S/C17H21NO3S/c1-3-22(20,21)17-10-5-4-9-15(17)18-12-16(19)14-8-6-7-13(2)11-14/h4-11,16,18-19H,3,12H2,1-2H3/t16-/m1/s1. The highest BCUT2D eigenvalue weighted by Crippen LogP contribution is 2.23. The van der Waals surface area contributed by atoms with Crippen LogP contribution in [0.1, 0.15) is 24.2 Å². The Morgan fingerprint density at radius 3 is 2.55 bits per heavy atom. The molecule has 4 nitrogen and oxygen atoms in total. The predicted molar refractivity (Wildman–Crippen MR) is 88.8 cm³/mol. The monoisotopic (exact) mass is 319 g/mol. The second-order valence-electron chi connectivity index (χ2n) is 5.21. The number of anilines is 1. The van der Waals surface area contributed by atoms with Crippen LogP contribution in [-0.4, -0.2) is 25.8 Å². The van der Waals surface area contributed by atoms with Gasteiger partial charge in [-0.25, -0.2) is 8.42 Å². The maximum Gasteiger partial charge on any atom is 0.180 e. The molecule has 0 spiro atoms. The summed E-state index contributed by atoms with van der Waals surface area (Å²) in [5.41, 5.74) is 2.41. The van der Waals surface area contributed by atoms with Gasteiger partial charge in [0.05, 0.1) is 22.4 Å². The Bertz CT molecular complexity index is 741. The van der Waals surface area contributed by atoms with Gasteiger partial charge in [-0.1, -0.05) is 48.9 Å². The average molecular weight is 319 g/mol. The molecule has 0 aromatic heterocycles. The summed E-state index contributed by atoms with van der Waals surface area (Å²) in [6.45, 7) is 3.83. The molecule has 2 aromatic rings. The molecular weight excluding hydrogens is 298 g/mol. The zero-order valence-electron chi connectivity index (χ0n) is 12.8. The number of hydrogen-bond donors (Lipinski definition) is 2. The molecule has 0 amide bonds. The summed E-state index contributed by atoms with van der Waals surface area (Å²) in [6, 6.07) is 14.4. The molecule has 0 aliphatic rings. The number of hydrogen-bond acceptors (Lipinski definition) is 4. The SMILES string of the molecule is CCS(=O)(=O)c1ccccc1NC[C@@H](O)c1cccc(C)c1. The number of rotatable bonds is 6. The van der Waals surface area contributed by atoms with E-state index in [4.69, 9.17) is 0 Å². The van der Waals surface area contributed by atoms with E-state index in [1.54, 1.807) is 31.2 Å². The van der Waals surface area contributed by atoms with Gasteiger partial charge in [0, 0.05) is 6.54 Å². The van der Waals surface area contributed by atoms with Gasteiger partial charge in [0.15, 0.2) is 9.84 Å². The number of aliphatic hydroxyl groups is 1. The zero-order chi connectivity index (χ0) is 16.2. The maximum atomic E-state index is 12.1. The Kier molecular flexibility index (Phi) is 5.21. The highest BCUT2D eigenvalue weighted by atomic mass is 32.2. The van der Waals surface area contributed by atoms with Crippen molar-refractivity contribution in [1.82, 2.24) is 0 Å². The quantitative estimate of drug-likeness (QED) is 0.859. The Labute approximate surface area is 131 Å². The summed E-state index contributed by atoms with van der Waals surface area (Å²) in [4.78, 5) is 0.272. The van der Waals surface area contributed by atoms with E-state index >= 15 is 0 Å². The van der Waals surface area contributed by atoms with Gasteiger partial charge in [0.1, 0.15) is 0 Å². The highest BCUT2D eigenvalue weighted by molar-refractivity contribution is 7.91. The van der Waals surface area contributed by atoms with Crippen molar-refractivity contribution in [2.24, 2.45) is 0 Å². The van der Waals surface area contributed by atoms with Crippen molar-refractivity contribution >= 4 is 15.5 Å². The van der Waals surface area contributed by atoms with Gasteiger partial charge in [-0.15, -0.1) is 0 Å². The third-order valence-corrected chi connectivity index (χ3v) is 5.30. The average Bonchev–Trinajstić information content (AvgIpc) is 2.52. The van der Waals surface area contributed by atoms with Gasteiger partial charge in [0.2, 0.25) is 0 Å². The number of aliphatic hydroxyl groups excluding tert-OH is 1. The third kappa shape index (κ3) is 3.87. The van der Waals surface area contributed by atoms with Crippen LogP contribution in [0.5, 0.6) is 0 Å². The summed E-state index contributed by atoms with van der Waals surface area (Å²) in [5, 5.41) is 13.3. The number of nitrogens with one attached hydrogen (secondary N) is 1. The molecule has 118 valence electrons. The summed E-state index contributed by atoms with van der Waals surface area (Å²) in [7, 11) is -3.29. The summed E-state index contributed by atoms with van der Waals surface area (Å²) in [6.07, 6.45) is -0.697. The van der Waals surface area contributed by atoms with Crippen molar-refractivity contribution < 1.29 is 13.5 Å². The molecule has 2 rings (SSSR count). The third-order valence-electron chi connectivity index (χ3n) is 3.51. The van der Waals surface area contributed by atoms with Gasteiger partial charge in [-0.05, 0) is 24.6 Å². The van der Waals surface area contributed by atoms with E-state index in [-0.39, 0.29) is 17.2 Å². The Morgan fingerprint density at radius 1 is 1.14 bits per heavy atom. The molecule has 0 heterocycles. The molecule has 0 bridgehead atoms. The second kappa shape index (κ2) is 6.94. The molecule has 2 N–H and O–H groups in total. The second-order valence-corrected chi connectivity index (χ2v) is 7.46. The first-order chi connectivity index (χ1) is 10.4.